The number of thiazole rings is 1. The molecular formula is C13H18N2O3S. The van der Waals surface area contributed by atoms with Gasteiger partial charge in [-0.1, -0.05) is 27.7 Å². The standard InChI is InChI=1S/C13H18N2O3S/c1-12(2)9(13(12,3)4)10(16)14-5-8-15-7(6-19-8)11(17)18/h6,9H,5H2,1-4H3,(H,14,16)(H,17,18). The molecule has 0 bridgehead atoms. The maximum Gasteiger partial charge on any atom is 0.355 e. The van der Waals surface area contributed by atoms with Crippen LogP contribution in [0.25, 0.3) is 0 Å². The molecule has 1 aromatic heterocycles. The molecule has 5 nitrogen and oxygen atoms in total. The monoisotopic (exact) mass is 282 g/mol. The summed E-state index contributed by atoms with van der Waals surface area (Å²) < 4.78 is 0. The summed E-state index contributed by atoms with van der Waals surface area (Å²) in [6.07, 6.45) is 0. The van der Waals surface area contributed by atoms with Crippen molar-refractivity contribution in [2.45, 2.75) is 34.2 Å². The molecule has 0 aromatic carbocycles. The molecule has 1 aliphatic carbocycles. The molecule has 2 rings (SSSR count). The van der Waals surface area contributed by atoms with E-state index in [1.807, 2.05) is 0 Å². The van der Waals surface area contributed by atoms with Crippen molar-refractivity contribution in [1.29, 1.82) is 0 Å². The third-order valence-corrected chi connectivity index (χ3v) is 5.32. The van der Waals surface area contributed by atoms with E-state index in [4.69, 9.17) is 5.11 Å². The van der Waals surface area contributed by atoms with Gasteiger partial charge >= 0.3 is 5.97 Å². The minimum absolute atomic E-state index is 0.00101. The maximum atomic E-state index is 12.1. The lowest BCUT2D eigenvalue weighted by Crippen LogP contribution is -2.26. The zero-order chi connectivity index (χ0) is 14.4. The summed E-state index contributed by atoms with van der Waals surface area (Å²) in [6, 6.07) is 0. The first kappa shape index (κ1) is 14.0. The van der Waals surface area contributed by atoms with E-state index in [1.54, 1.807) is 0 Å². The number of nitrogens with zero attached hydrogens (tertiary/aromatic N) is 1. The van der Waals surface area contributed by atoms with E-state index in [0.29, 0.717) is 11.6 Å². The van der Waals surface area contributed by atoms with Crippen molar-refractivity contribution in [3.05, 3.63) is 16.1 Å². The van der Waals surface area contributed by atoms with Crippen LogP contribution in [0.15, 0.2) is 5.38 Å². The Balaban J connectivity index is 1.93. The normalized spacial score (nSPS) is 20.0. The fourth-order valence-electron chi connectivity index (χ4n) is 2.61. The second kappa shape index (κ2) is 4.30. The van der Waals surface area contributed by atoms with E-state index in [-0.39, 0.29) is 28.3 Å². The molecule has 1 aromatic rings. The summed E-state index contributed by atoms with van der Waals surface area (Å²) in [5, 5.41) is 13.7. The highest BCUT2D eigenvalue weighted by molar-refractivity contribution is 7.09. The zero-order valence-electron chi connectivity index (χ0n) is 11.5. The molecule has 0 atom stereocenters. The molecule has 2 N–H and O–H groups in total. The van der Waals surface area contributed by atoms with E-state index >= 15 is 0 Å². The summed E-state index contributed by atoms with van der Waals surface area (Å²) in [7, 11) is 0. The lowest BCUT2D eigenvalue weighted by atomic mass is 10.0. The van der Waals surface area contributed by atoms with Gasteiger partial charge in [-0.15, -0.1) is 11.3 Å². The minimum atomic E-state index is -1.04. The zero-order valence-corrected chi connectivity index (χ0v) is 12.3. The maximum absolute atomic E-state index is 12.1. The lowest BCUT2D eigenvalue weighted by molar-refractivity contribution is -0.123. The van der Waals surface area contributed by atoms with Crippen molar-refractivity contribution in [1.82, 2.24) is 10.3 Å². The summed E-state index contributed by atoms with van der Waals surface area (Å²) in [5.41, 5.74) is 0.0413. The molecule has 19 heavy (non-hydrogen) atoms. The molecule has 1 amide bonds. The summed E-state index contributed by atoms with van der Waals surface area (Å²) in [6.45, 7) is 8.64. The van der Waals surface area contributed by atoms with Crippen molar-refractivity contribution < 1.29 is 14.7 Å². The van der Waals surface area contributed by atoms with Crippen LogP contribution in [0.4, 0.5) is 0 Å². The van der Waals surface area contributed by atoms with Crippen LogP contribution in [0.3, 0.4) is 0 Å². The van der Waals surface area contributed by atoms with Crippen molar-refractivity contribution in [2.24, 2.45) is 16.7 Å². The number of hydrogen-bond acceptors (Lipinski definition) is 4. The van der Waals surface area contributed by atoms with Gasteiger partial charge in [-0.25, -0.2) is 9.78 Å². The van der Waals surface area contributed by atoms with Crippen molar-refractivity contribution in [2.75, 3.05) is 0 Å². The van der Waals surface area contributed by atoms with Gasteiger partial charge in [0.1, 0.15) is 5.01 Å². The van der Waals surface area contributed by atoms with Gasteiger partial charge in [0.15, 0.2) is 5.69 Å². The summed E-state index contributed by atoms with van der Waals surface area (Å²) >= 11 is 1.25. The fraction of sp³-hybridized carbons (Fsp3) is 0.615. The quantitative estimate of drug-likeness (QED) is 0.886. The number of carboxylic acid groups (broad SMARTS) is 1. The van der Waals surface area contributed by atoms with Gasteiger partial charge in [-0.2, -0.15) is 0 Å². The predicted molar refractivity (Wildman–Crippen MR) is 72.0 cm³/mol. The van der Waals surface area contributed by atoms with Crippen LogP contribution >= 0.6 is 11.3 Å². The van der Waals surface area contributed by atoms with Gasteiger partial charge < -0.3 is 10.4 Å². The molecule has 6 heteroatoms. The van der Waals surface area contributed by atoms with Crippen LogP contribution in [0.5, 0.6) is 0 Å². The first-order chi connectivity index (χ1) is 8.68. The number of hydrogen-bond donors (Lipinski definition) is 2. The Morgan fingerprint density at radius 2 is 1.95 bits per heavy atom. The SMILES string of the molecule is CC1(C)C(C(=O)NCc2nc(C(=O)O)cs2)C1(C)C. The Bertz CT molecular complexity index is 520. The summed E-state index contributed by atoms with van der Waals surface area (Å²) in [4.78, 5) is 26.7. The van der Waals surface area contributed by atoms with Crippen molar-refractivity contribution in [3.63, 3.8) is 0 Å². The topological polar surface area (TPSA) is 79.3 Å². The van der Waals surface area contributed by atoms with Gasteiger partial charge in [0.2, 0.25) is 5.91 Å². The van der Waals surface area contributed by atoms with Gasteiger partial charge in [0.05, 0.1) is 6.54 Å². The third kappa shape index (κ3) is 2.25. The number of amides is 1. The Kier molecular flexibility index (Phi) is 3.16. The van der Waals surface area contributed by atoms with Gasteiger partial charge in [-0.3, -0.25) is 4.79 Å². The molecule has 1 aliphatic rings. The molecule has 1 fully saturated rings. The number of aromatic carboxylic acids is 1. The van der Waals surface area contributed by atoms with Gasteiger partial charge in [-0.05, 0) is 10.8 Å². The third-order valence-electron chi connectivity index (χ3n) is 4.47. The second-order valence-electron chi connectivity index (χ2n) is 6.03. The van der Waals surface area contributed by atoms with Crippen LogP contribution in [-0.2, 0) is 11.3 Å². The Hall–Kier alpha value is -1.43. The van der Waals surface area contributed by atoms with E-state index < -0.39 is 5.97 Å². The smallest absolute Gasteiger partial charge is 0.355 e. The first-order valence-corrected chi connectivity index (χ1v) is 7.01. The molecule has 104 valence electrons. The van der Waals surface area contributed by atoms with E-state index in [9.17, 15) is 9.59 Å². The molecular weight excluding hydrogens is 264 g/mol. The minimum Gasteiger partial charge on any atom is -0.476 e. The fourth-order valence-corrected chi connectivity index (χ4v) is 3.31. The number of rotatable bonds is 4. The van der Waals surface area contributed by atoms with Crippen LogP contribution in [0.2, 0.25) is 0 Å². The first-order valence-electron chi connectivity index (χ1n) is 6.13. The molecule has 0 spiro atoms. The molecule has 1 saturated carbocycles. The number of nitrogens with one attached hydrogen (secondary N) is 1. The van der Waals surface area contributed by atoms with Gasteiger partial charge in [0.25, 0.3) is 0 Å². The van der Waals surface area contributed by atoms with Crippen LogP contribution in [0.1, 0.15) is 43.2 Å². The predicted octanol–water partition coefficient (Wildman–Crippen LogP) is 2.14. The Morgan fingerprint density at radius 1 is 1.37 bits per heavy atom. The van der Waals surface area contributed by atoms with Gasteiger partial charge in [0, 0.05) is 11.3 Å². The average molecular weight is 282 g/mol. The van der Waals surface area contributed by atoms with Crippen LogP contribution in [0, 0.1) is 16.7 Å². The van der Waals surface area contributed by atoms with E-state index in [0.717, 1.165) is 0 Å². The molecule has 0 saturated heterocycles. The number of carboxylic acids is 1. The highest BCUT2D eigenvalue weighted by Gasteiger charge is 2.68. The highest BCUT2D eigenvalue weighted by atomic mass is 32.1. The molecule has 0 aliphatic heterocycles. The molecule has 1 heterocycles. The Labute approximate surface area is 116 Å². The average Bonchev–Trinajstić information content (AvgIpc) is 2.69. The van der Waals surface area contributed by atoms with E-state index in [2.05, 4.69) is 38.0 Å². The van der Waals surface area contributed by atoms with Crippen LogP contribution in [-0.4, -0.2) is 22.0 Å². The molecule has 0 unspecified atom stereocenters. The number of aromatic nitrogens is 1. The summed E-state index contributed by atoms with van der Waals surface area (Å²) in [5.74, 6) is -1.03. The molecule has 0 radical (unpaired) electrons. The second-order valence-corrected chi connectivity index (χ2v) is 6.97. The highest BCUT2D eigenvalue weighted by Crippen LogP contribution is 2.68. The van der Waals surface area contributed by atoms with Crippen molar-refractivity contribution >= 4 is 23.2 Å². The van der Waals surface area contributed by atoms with Crippen LogP contribution < -0.4 is 5.32 Å². The largest absolute Gasteiger partial charge is 0.476 e. The van der Waals surface area contributed by atoms with E-state index in [1.165, 1.54) is 16.7 Å². The number of carbonyl (C=O) groups excluding carboxylic acids is 1. The number of carbonyl (C=O) groups is 2. The lowest BCUT2D eigenvalue weighted by Gasteiger charge is -2.04. The van der Waals surface area contributed by atoms with Crippen molar-refractivity contribution in [3.8, 4) is 0 Å². The Morgan fingerprint density at radius 3 is 2.37 bits per heavy atom.